The zero-order valence-electron chi connectivity index (χ0n) is 1.22. The molecule has 0 aromatic heterocycles. The molecule has 0 saturated heterocycles. The maximum Gasteiger partial charge on any atom is 0 e. The van der Waals surface area contributed by atoms with Gasteiger partial charge in [0.05, 0.1) is 0 Å². The van der Waals surface area contributed by atoms with Crippen LogP contribution in [0.2, 0.25) is 0 Å². The fourth-order valence-electron chi connectivity index (χ4n) is 0. The van der Waals surface area contributed by atoms with Gasteiger partial charge in [-0.2, -0.15) is 0 Å². The topological polar surface area (TPSA) is 0 Å². The maximum absolute atomic E-state index is 0. The summed E-state index contributed by atoms with van der Waals surface area (Å²) in [6.45, 7) is 0. The van der Waals surface area contributed by atoms with Crippen molar-refractivity contribution in [1.82, 2.24) is 0 Å². The van der Waals surface area contributed by atoms with Crippen LogP contribution in [0.3, 0.4) is 0 Å². The van der Waals surface area contributed by atoms with E-state index in [0.29, 0.717) is 0 Å². The molecule has 0 bridgehead atoms. The molecule has 0 heterocycles. The minimum Gasteiger partial charge on any atom is -0.0776 e. The summed E-state index contributed by atoms with van der Waals surface area (Å²) in [4.78, 5) is 0. The zero-order chi connectivity index (χ0) is 0. The molecule has 0 spiro atoms. The Morgan fingerprint density at radius 2 is 0.286 bits per heavy atom. The minimum absolute atomic E-state index is 0. The van der Waals surface area contributed by atoms with Gasteiger partial charge in [0, 0.05) is 63.2 Å². The second-order valence-corrected chi connectivity index (χ2v) is 0. The molecule has 0 aliphatic carbocycles. The fourth-order valence-corrected chi connectivity index (χ4v) is 0. The summed E-state index contributed by atoms with van der Waals surface area (Å²) in [7, 11) is 0. The van der Waals surface area contributed by atoms with Gasteiger partial charge in [0.2, 0.25) is 0 Å². The average molecular weight is 616 g/mol. The Balaban J connectivity index is 0. The SMILES string of the molecule is C.C.C.C.[W].[W].[W]. The van der Waals surface area contributed by atoms with Crippen molar-refractivity contribution < 1.29 is 63.2 Å². The summed E-state index contributed by atoms with van der Waals surface area (Å²) in [5.74, 6) is 0. The molecule has 7 heavy (non-hydrogen) atoms. The fraction of sp³-hybridized carbons (Fsp3) is 1.00. The molecule has 0 rings (SSSR count). The molecule has 3 heteroatoms. The molecular weight excluding hydrogens is 600 g/mol. The predicted molar refractivity (Wildman–Crippen MR) is 26.9 cm³/mol. The van der Waals surface area contributed by atoms with E-state index in [-0.39, 0.29) is 92.9 Å². The molecule has 0 atom stereocenters. The van der Waals surface area contributed by atoms with Crippen LogP contribution in [0.5, 0.6) is 0 Å². The quantitative estimate of drug-likeness (QED) is 0.393. The molecule has 0 fully saturated rings. The monoisotopic (exact) mass is 616 g/mol. The van der Waals surface area contributed by atoms with Crippen LogP contribution in [0.25, 0.3) is 0 Å². The van der Waals surface area contributed by atoms with Gasteiger partial charge in [-0.25, -0.2) is 0 Å². The molecule has 0 N–H and O–H groups in total. The van der Waals surface area contributed by atoms with Crippen LogP contribution >= 0.6 is 0 Å². The molecule has 0 aromatic carbocycles. The Labute approximate surface area is 92.0 Å². The van der Waals surface area contributed by atoms with Crippen molar-refractivity contribution in [3.63, 3.8) is 0 Å². The van der Waals surface area contributed by atoms with Crippen LogP contribution in [-0.4, -0.2) is 0 Å². The molecule has 0 aliphatic heterocycles. The van der Waals surface area contributed by atoms with E-state index in [1.165, 1.54) is 0 Å². The zero-order valence-corrected chi connectivity index (χ0v) is 10.0. The minimum atomic E-state index is 0. The van der Waals surface area contributed by atoms with Crippen LogP contribution in [0.4, 0.5) is 0 Å². The summed E-state index contributed by atoms with van der Waals surface area (Å²) in [6.07, 6.45) is 0. The molecule has 0 unspecified atom stereocenters. The Kier molecular flexibility index (Phi) is 1860. The number of hydrogen-bond acceptors (Lipinski definition) is 0. The first-order chi connectivity index (χ1) is 0. The first kappa shape index (κ1) is 138. The second-order valence-electron chi connectivity index (χ2n) is 0. The molecule has 0 aromatic rings. The summed E-state index contributed by atoms with van der Waals surface area (Å²) in [6, 6.07) is 0. The van der Waals surface area contributed by atoms with Crippen molar-refractivity contribution in [2.45, 2.75) is 29.7 Å². The molecule has 0 amide bonds. The summed E-state index contributed by atoms with van der Waals surface area (Å²) in [5.41, 5.74) is 0. The largest absolute Gasteiger partial charge is 0.0776 e. The van der Waals surface area contributed by atoms with Crippen LogP contribution < -0.4 is 0 Å². The number of hydrogen-bond donors (Lipinski definition) is 0. The Morgan fingerprint density at radius 1 is 0.286 bits per heavy atom. The van der Waals surface area contributed by atoms with Gasteiger partial charge in [0.1, 0.15) is 0 Å². The van der Waals surface area contributed by atoms with Gasteiger partial charge >= 0.3 is 0 Å². The van der Waals surface area contributed by atoms with E-state index in [1.807, 2.05) is 0 Å². The standard InChI is InChI=1S/4CH4.3W/h4*1H4;;;. The van der Waals surface area contributed by atoms with E-state index in [0.717, 1.165) is 0 Å². The maximum atomic E-state index is 0. The van der Waals surface area contributed by atoms with Crippen LogP contribution in [0.15, 0.2) is 0 Å². The third kappa shape index (κ3) is 69.6. The van der Waals surface area contributed by atoms with E-state index in [1.54, 1.807) is 0 Å². The predicted octanol–water partition coefficient (Wildman–Crippen LogP) is 2.54. The van der Waals surface area contributed by atoms with Gasteiger partial charge in [-0.05, 0) is 0 Å². The van der Waals surface area contributed by atoms with Crippen molar-refractivity contribution in [2.75, 3.05) is 0 Å². The Hall–Kier alpha value is 2.06. The first-order valence-electron chi connectivity index (χ1n) is 0. The molecular formula is C4H16W3. The molecule has 0 aliphatic rings. The molecule has 0 radical (unpaired) electrons. The van der Waals surface area contributed by atoms with E-state index < -0.39 is 0 Å². The van der Waals surface area contributed by atoms with Crippen molar-refractivity contribution in [3.05, 3.63) is 0 Å². The van der Waals surface area contributed by atoms with Crippen molar-refractivity contribution in [3.8, 4) is 0 Å². The average Bonchev–Trinajstić information content (AvgIpc) is 0. The van der Waals surface area contributed by atoms with Crippen molar-refractivity contribution in [1.29, 1.82) is 0 Å². The van der Waals surface area contributed by atoms with Crippen LogP contribution in [0.1, 0.15) is 29.7 Å². The first-order valence-corrected chi connectivity index (χ1v) is 0. The molecule has 50 valence electrons. The van der Waals surface area contributed by atoms with E-state index >= 15 is 0 Å². The van der Waals surface area contributed by atoms with Gasteiger partial charge in [0.15, 0.2) is 0 Å². The second kappa shape index (κ2) is 94.4. The Morgan fingerprint density at radius 3 is 0.286 bits per heavy atom. The van der Waals surface area contributed by atoms with E-state index in [9.17, 15) is 0 Å². The van der Waals surface area contributed by atoms with Gasteiger partial charge in [-0.3, -0.25) is 0 Å². The summed E-state index contributed by atoms with van der Waals surface area (Å²) >= 11 is 0. The van der Waals surface area contributed by atoms with Crippen molar-refractivity contribution >= 4 is 0 Å². The van der Waals surface area contributed by atoms with Gasteiger partial charge in [-0.15, -0.1) is 0 Å². The van der Waals surface area contributed by atoms with E-state index in [2.05, 4.69) is 0 Å². The summed E-state index contributed by atoms with van der Waals surface area (Å²) in [5, 5.41) is 0. The molecule has 0 saturated carbocycles. The Bertz CT molecular complexity index is 6.90. The van der Waals surface area contributed by atoms with Gasteiger partial charge in [0.25, 0.3) is 0 Å². The number of rotatable bonds is 0. The smallest absolute Gasteiger partial charge is 0 e. The van der Waals surface area contributed by atoms with E-state index in [4.69, 9.17) is 0 Å². The molecule has 0 nitrogen and oxygen atoms in total. The third-order valence-corrected chi connectivity index (χ3v) is 0. The third-order valence-electron chi connectivity index (χ3n) is 0. The van der Waals surface area contributed by atoms with Gasteiger partial charge in [-0.1, -0.05) is 29.7 Å². The van der Waals surface area contributed by atoms with Crippen molar-refractivity contribution in [2.24, 2.45) is 0 Å². The summed E-state index contributed by atoms with van der Waals surface area (Å²) < 4.78 is 0. The van der Waals surface area contributed by atoms with Gasteiger partial charge < -0.3 is 0 Å². The van der Waals surface area contributed by atoms with Crippen LogP contribution in [-0.2, 0) is 63.2 Å². The normalized spacial score (nSPS) is 0. The van der Waals surface area contributed by atoms with Crippen LogP contribution in [0, 0.1) is 0 Å².